The molecule has 1 aliphatic rings. The molecule has 7 heteroatoms. The highest BCUT2D eigenvalue weighted by molar-refractivity contribution is 5.94. The van der Waals surface area contributed by atoms with E-state index in [2.05, 4.69) is 34.5 Å². The molecule has 3 rings (SSSR count). The first-order chi connectivity index (χ1) is 15.0. The van der Waals surface area contributed by atoms with Crippen LogP contribution in [0.1, 0.15) is 35.2 Å². The Hall–Kier alpha value is -2.80. The molecule has 1 fully saturated rings. The van der Waals surface area contributed by atoms with E-state index in [4.69, 9.17) is 0 Å². The van der Waals surface area contributed by atoms with Gasteiger partial charge in [-0.25, -0.2) is 8.78 Å². The lowest BCUT2D eigenvalue weighted by Gasteiger charge is -2.22. The van der Waals surface area contributed by atoms with Crippen molar-refractivity contribution >= 4 is 11.8 Å². The quantitative estimate of drug-likeness (QED) is 0.701. The van der Waals surface area contributed by atoms with Gasteiger partial charge in [-0.3, -0.25) is 9.59 Å². The molecule has 2 aromatic carbocycles. The second kappa shape index (κ2) is 11.6. The van der Waals surface area contributed by atoms with Crippen LogP contribution in [0.15, 0.2) is 48.5 Å². The molecule has 2 amide bonds. The van der Waals surface area contributed by atoms with Crippen LogP contribution >= 0.6 is 0 Å². The number of nitrogens with one attached hydrogen (secondary N) is 1. The lowest BCUT2D eigenvalue weighted by Crippen LogP contribution is -2.37. The van der Waals surface area contributed by atoms with Crippen molar-refractivity contribution in [1.82, 2.24) is 15.1 Å². The van der Waals surface area contributed by atoms with Crippen LogP contribution in [0, 0.1) is 11.6 Å². The van der Waals surface area contributed by atoms with E-state index in [1.807, 2.05) is 11.0 Å². The monoisotopic (exact) mass is 429 g/mol. The van der Waals surface area contributed by atoms with Gasteiger partial charge in [-0.15, -0.1) is 0 Å². The molecule has 0 spiro atoms. The number of hydrogen-bond donors (Lipinski definition) is 1. The van der Waals surface area contributed by atoms with Crippen LogP contribution in [0.5, 0.6) is 0 Å². The third kappa shape index (κ3) is 7.14. The van der Waals surface area contributed by atoms with E-state index >= 15 is 0 Å². The zero-order valence-corrected chi connectivity index (χ0v) is 17.7. The number of carbonyl (C=O) groups excluding carboxylic acids is 2. The number of carbonyl (C=O) groups is 2. The maximum atomic E-state index is 13.7. The van der Waals surface area contributed by atoms with Crippen LogP contribution in [0.25, 0.3) is 0 Å². The predicted molar refractivity (Wildman–Crippen MR) is 116 cm³/mol. The molecular formula is C24H29F2N3O2. The maximum Gasteiger partial charge on any atom is 0.254 e. The van der Waals surface area contributed by atoms with Gasteiger partial charge < -0.3 is 15.1 Å². The number of aryl methyl sites for hydroxylation is 1. The molecule has 1 heterocycles. The van der Waals surface area contributed by atoms with Gasteiger partial charge >= 0.3 is 0 Å². The highest BCUT2D eigenvalue weighted by Crippen LogP contribution is 2.10. The fraction of sp³-hybridized carbons (Fsp3) is 0.417. The third-order valence-electron chi connectivity index (χ3n) is 5.52. The average Bonchev–Trinajstić information content (AvgIpc) is 3.00. The Balaban J connectivity index is 1.36. The fourth-order valence-corrected chi connectivity index (χ4v) is 3.81. The molecule has 0 unspecified atom stereocenters. The molecule has 2 aromatic rings. The summed E-state index contributed by atoms with van der Waals surface area (Å²) in [6.45, 7) is 4.31. The van der Waals surface area contributed by atoms with E-state index in [0.717, 1.165) is 51.0 Å². The van der Waals surface area contributed by atoms with Crippen molar-refractivity contribution in [2.45, 2.75) is 25.7 Å². The Morgan fingerprint density at radius 2 is 1.77 bits per heavy atom. The minimum absolute atomic E-state index is 0.0222. The van der Waals surface area contributed by atoms with Crippen LogP contribution in [0.2, 0.25) is 0 Å². The fourth-order valence-electron chi connectivity index (χ4n) is 3.81. The molecule has 0 atom stereocenters. The molecule has 1 N–H and O–H groups in total. The number of nitrogens with zero attached hydrogens (tertiary/aromatic N) is 2. The predicted octanol–water partition coefficient (Wildman–Crippen LogP) is 3.25. The number of rotatable bonds is 8. The molecule has 0 bridgehead atoms. The standard InChI is InChI=1S/C24H29F2N3O2/c25-20-9-10-21(22(26)18-20)24(31)27-12-11-23(30)29-15-5-14-28(16-17-29)13-4-8-19-6-2-1-3-7-19/h1-3,6-7,9-10,18H,4-5,8,11-17H2,(H,27,31). The van der Waals surface area contributed by atoms with Gasteiger partial charge in [0, 0.05) is 38.7 Å². The summed E-state index contributed by atoms with van der Waals surface area (Å²) in [6.07, 6.45) is 3.21. The van der Waals surface area contributed by atoms with Gasteiger partial charge in [-0.05, 0) is 50.0 Å². The molecular weight excluding hydrogens is 400 g/mol. The Bertz CT molecular complexity index is 876. The van der Waals surface area contributed by atoms with Crippen molar-refractivity contribution in [2.24, 2.45) is 0 Å². The minimum atomic E-state index is -0.913. The van der Waals surface area contributed by atoms with Crippen LogP contribution in [-0.4, -0.2) is 60.9 Å². The van der Waals surface area contributed by atoms with Gasteiger partial charge in [-0.2, -0.15) is 0 Å². The van der Waals surface area contributed by atoms with E-state index in [9.17, 15) is 18.4 Å². The lowest BCUT2D eigenvalue weighted by atomic mass is 10.1. The molecule has 5 nitrogen and oxygen atoms in total. The second-order valence-corrected chi connectivity index (χ2v) is 7.80. The number of amides is 2. The van der Waals surface area contributed by atoms with Crippen LogP contribution in [0.4, 0.5) is 8.78 Å². The van der Waals surface area contributed by atoms with Crippen LogP contribution in [-0.2, 0) is 11.2 Å². The van der Waals surface area contributed by atoms with Crippen molar-refractivity contribution in [3.8, 4) is 0 Å². The minimum Gasteiger partial charge on any atom is -0.351 e. The van der Waals surface area contributed by atoms with Crippen molar-refractivity contribution < 1.29 is 18.4 Å². The van der Waals surface area contributed by atoms with Gasteiger partial charge in [0.15, 0.2) is 0 Å². The smallest absolute Gasteiger partial charge is 0.254 e. The summed E-state index contributed by atoms with van der Waals surface area (Å²) in [5.74, 6) is -2.32. The largest absolute Gasteiger partial charge is 0.351 e. The zero-order chi connectivity index (χ0) is 22.1. The molecule has 31 heavy (non-hydrogen) atoms. The molecule has 0 radical (unpaired) electrons. The number of halogens is 2. The molecule has 0 aromatic heterocycles. The molecule has 166 valence electrons. The van der Waals surface area contributed by atoms with Crippen molar-refractivity contribution in [3.63, 3.8) is 0 Å². The molecule has 0 saturated carbocycles. The Kier molecular flexibility index (Phi) is 8.53. The Morgan fingerprint density at radius 3 is 2.55 bits per heavy atom. The lowest BCUT2D eigenvalue weighted by molar-refractivity contribution is -0.130. The van der Waals surface area contributed by atoms with Gasteiger partial charge in [0.2, 0.25) is 5.91 Å². The van der Waals surface area contributed by atoms with Gasteiger partial charge in [-0.1, -0.05) is 30.3 Å². The van der Waals surface area contributed by atoms with Crippen LogP contribution in [0.3, 0.4) is 0 Å². The SMILES string of the molecule is O=C(NCCC(=O)N1CCCN(CCCc2ccccc2)CC1)c1ccc(F)cc1F. The second-order valence-electron chi connectivity index (χ2n) is 7.80. The van der Waals surface area contributed by atoms with Gasteiger partial charge in [0.25, 0.3) is 5.91 Å². The van der Waals surface area contributed by atoms with Crippen molar-refractivity contribution in [3.05, 3.63) is 71.3 Å². The maximum absolute atomic E-state index is 13.7. The van der Waals surface area contributed by atoms with E-state index in [-0.39, 0.29) is 24.4 Å². The zero-order valence-electron chi connectivity index (χ0n) is 17.7. The highest BCUT2D eigenvalue weighted by atomic mass is 19.1. The van der Waals surface area contributed by atoms with E-state index < -0.39 is 17.5 Å². The summed E-state index contributed by atoms with van der Waals surface area (Å²) in [4.78, 5) is 28.8. The third-order valence-corrected chi connectivity index (χ3v) is 5.52. The highest BCUT2D eigenvalue weighted by Gasteiger charge is 2.19. The first-order valence-electron chi connectivity index (χ1n) is 10.8. The van der Waals surface area contributed by atoms with Crippen molar-refractivity contribution in [1.29, 1.82) is 0 Å². The molecule has 0 aliphatic carbocycles. The van der Waals surface area contributed by atoms with E-state index in [1.54, 1.807) is 0 Å². The Labute approximate surface area is 182 Å². The number of benzene rings is 2. The topological polar surface area (TPSA) is 52.7 Å². The summed E-state index contributed by atoms with van der Waals surface area (Å²) >= 11 is 0. The van der Waals surface area contributed by atoms with E-state index in [1.165, 1.54) is 5.56 Å². The van der Waals surface area contributed by atoms with Gasteiger partial charge in [0.1, 0.15) is 11.6 Å². The summed E-state index contributed by atoms with van der Waals surface area (Å²) in [5.41, 5.74) is 1.12. The first kappa shape index (κ1) is 22.9. The molecule has 1 saturated heterocycles. The summed E-state index contributed by atoms with van der Waals surface area (Å²) in [6, 6.07) is 13.2. The average molecular weight is 430 g/mol. The number of hydrogen-bond acceptors (Lipinski definition) is 3. The summed E-state index contributed by atoms with van der Waals surface area (Å²) < 4.78 is 26.6. The first-order valence-corrected chi connectivity index (χ1v) is 10.8. The molecule has 1 aliphatic heterocycles. The Morgan fingerprint density at radius 1 is 0.968 bits per heavy atom. The van der Waals surface area contributed by atoms with Crippen LogP contribution < -0.4 is 5.32 Å². The summed E-state index contributed by atoms with van der Waals surface area (Å²) in [5, 5.41) is 2.54. The summed E-state index contributed by atoms with van der Waals surface area (Å²) in [7, 11) is 0. The van der Waals surface area contributed by atoms with E-state index in [0.29, 0.717) is 19.2 Å². The van der Waals surface area contributed by atoms with Gasteiger partial charge in [0.05, 0.1) is 5.56 Å². The van der Waals surface area contributed by atoms with Crippen molar-refractivity contribution in [2.75, 3.05) is 39.3 Å². The normalized spacial score (nSPS) is 14.8.